The minimum Gasteiger partial charge on any atom is -0.385 e. The topological polar surface area (TPSA) is 63.5 Å². The molecule has 5 heteroatoms. The van der Waals surface area contributed by atoms with Crippen molar-refractivity contribution in [2.75, 3.05) is 0 Å². The fourth-order valence-electron chi connectivity index (χ4n) is 7.04. The molecule has 228 valence electrons. The van der Waals surface area contributed by atoms with Gasteiger partial charge in [0.1, 0.15) is 21.7 Å². The van der Waals surface area contributed by atoms with Crippen molar-refractivity contribution >= 4 is 46.1 Å². The summed E-state index contributed by atoms with van der Waals surface area (Å²) < 4.78 is 2.19. The Hall–Kier alpha value is -5.28. The Balaban J connectivity index is 1.40. The molecule has 2 heterocycles. The zero-order valence-corrected chi connectivity index (χ0v) is 26.9. The summed E-state index contributed by atoms with van der Waals surface area (Å²) in [5.41, 5.74) is 15.4. The van der Waals surface area contributed by atoms with Crippen LogP contribution in [0.4, 0.5) is 0 Å². The molecule has 0 radical (unpaired) electrons. The molecule has 2 aliphatic rings. The lowest BCUT2D eigenvalue weighted by atomic mass is 9.95. The van der Waals surface area contributed by atoms with Crippen LogP contribution in [-0.2, 0) is 6.54 Å². The predicted molar refractivity (Wildman–Crippen MR) is 199 cm³/mol. The number of nitrogens with zero attached hydrogens (tertiary/aromatic N) is 2. The molecule has 47 heavy (non-hydrogen) atoms. The molecule has 8 rings (SSSR count). The van der Waals surface area contributed by atoms with Gasteiger partial charge < -0.3 is 5.73 Å². The van der Waals surface area contributed by atoms with Gasteiger partial charge in [0.05, 0.1) is 23.5 Å². The molecule has 4 nitrogen and oxygen atoms in total. The van der Waals surface area contributed by atoms with E-state index in [0.717, 1.165) is 78.9 Å². The van der Waals surface area contributed by atoms with Crippen molar-refractivity contribution < 1.29 is 4.89 Å². The van der Waals surface area contributed by atoms with Gasteiger partial charge in [-0.2, -0.15) is 0 Å². The van der Waals surface area contributed by atoms with E-state index < -0.39 is 7.49 Å². The Labute approximate surface area is 276 Å². The first-order valence-corrected chi connectivity index (χ1v) is 17.8. The third-order valence-electron chi connectivity index (χ3n) is 9.15. The average Bonchev–Trinajstić information content (AvgIpc) is 3.45. The lowest BCUT2D eigenvalue weighted by molar-refractivity contribution is 0.630. The molecule has 0 amide bonds. The van der Waals surface area contributed by atoms with Gasteiger partial charge in [-0.15, -0.1) is 0 Å². The molecule has 1 atom stereocenters. The molecule has 1 unspecified atom stereocenters. The van der Waals surface area contributed by atoms with E-state index in [-0.39, 0.29) is 0 Å². The fourth-order valence-corrected chi connectivity index (χ4v) is 10.2. The molecule has 1 aliphatic heterocycles. The second-order valence-corrected chi connectivity index (χ2v) is 14.7. The summed E-state index contributed by atoms with van der Waals surface area (Å²) in [7, 11) is -2.98. The Morgan fingerprint density at radius 2 is 1.38 bits per heavy atom. The highest BCUT2D eigenvalue weighted by molar-refractivity contribution is 7.89. The van der Waals surface area contributed by atoms with Crippen LogP contribution in [0.5, 0.6) is 0 Å². The van der Waals surface area contributed by atoms with E-state index in [1.54, 1.807) is 0 Å². The molecule has 5 aromatic carbocycles. The van der Waals surface area contributed by atoms with Crippen LogP contribution in [0.3, 0.4) is 0 Å². The van der Waals surface area contributed by atoms with Crippen LogP contribution in [0.2, 0.25) is 0 Å². The molecule has 1 aromatic heterocycles. The summed E-state index contributed by atoms with van der Waals surface area (Å²) in [6.07, 6.45) is 8.34. The first kappa shape index (κ1) is 29.1. The van der Waals surface area contributed by atoms with Crippen LogP contribution in [0.25, 0.3) is 33.4 Å². The summed E-state index contributed by atoms with van der Waals surface area (Å²) in [6, 6.07) is 47.6. The Kier molecular flexibility index (Phi) is 7.53. The standard InChI is InChI=1S/C42H35N3OP/c43-40(28-36(31-18-6-2-7-19-31)44-29-30-16-4-1-5-17-30)45-37-25-13-10-22-33(37)41-34-23-11-14-26-38(34)47(46,32-20-8-3-9-21-32)39-27-15-12-24-35(39)42(41)45/h1-11,13-14,16-28,46H,12,15,29,43H2/q+1/b40-28+,44-36?. The zero-order chi connectivity index (χ0) is 31.8. The predicted octanol–water partition coefficient (Wildman–Crippen LogP) is 8.71. The van der Waals surface area contributed by atoms with E-state index in [0.29, 0.717) is 12.4 Å². The van der Waals surface area contributed by atoms with E-state index in [4.69, 9.17) is 10.7 Å². The number of rotatable bonds is 6. The highest BCUT2D eigenvalue weighted by Crippen LogP contribution is 2.68. The molecule has 0 saturated carbocycles. The molecular formula is C42H35N3OP+. The third kappa shape index (κ3) is 4.98. The van der Waals surface area contributed by atoms with Gasteiger partial charge in [0.25, 0.3) is 0 Å². The Morgan fingerprint density at radius 1 is 0.745 bits per heavy atom. The lowest BCUT2D eigenvalue weighted by Gasteiger charge is -2.25. The van der Waals surface area contributed by atoms with Gasteiger partial charge in [-0.3, -0.25) is 9.56 Å². The highest BCUT2D eigenvalue weighted by Gasteiger charge is 2.53. The highest BCUT2D eigenvalue weighted by atomic mass is 31.2. The first-order valence-electron chi connectivity index (χ1n) is 16.1. The third-order valence-corrected chi connectivity index (χ3v) is 12.4. The fraction of sp³-hybridized carbons (Fsp3) is 0.0714. The Bertz CT molecular complexity index is 2230. The maximum atomic E-state index is 13.2. The maximum absolute atomic E-state index is 13.2. The van der Waals surface area contributed by atoms with Crippen molar-refractivity contribution in [2.45, 2.75) is 19.4 Å². The van der Waals surface area contributed by atoms with Crippen molar-refractivity contribution in [3.05, 3.63) is 180 Å². The molecule has 0 saturated heterocycles. The van der Waals surface area contributed by atoms with Crippen LogP contribution in [0.1, 0.15) is 29.7 Å². The molecular weight excluding hydrogens is 593 g/mol. The van der Waals surface area contributed by atoms with Crippen LogP contribution >= 0.6 is 7.49 Å². The minimum absolute atomic E-state index is 0.541. The van der Waals surface area contributed by atoms with Gasteiger partial charge in [0.15, 0.2) is 0 Å². The molecule has 0 spiro atoms. The SMILES string of the molecule is N/C(=C\C(=NCc1ccccc1)c1ccccc1)n1c2c(c3ccccc31)-c1ccccc1[P+](O)(c1ccccc1)C1=CCCC=C12. The molecule has 1 aliphatic carbocycles. The van der Waals surface area contributed by atoms with E-state index in [9.17, 15) is 4.89 Å². The number of hydrogen-bond acceptors (Lipinski definition) is 3. The Morgan fingerprint density at radius 3 is 2.17 bits per heavy atom. The van der Waals surface area contributed by atoms with Crippen molar-refractivity contribution in [3.8, 4) is 11.1 Å². The van der Waals surface area contributed by atoms with Gasteiger partial charge in [-0.25, -0.2) is 4.89 Å². The van der Waals surface area contributed by atoms with Crippen LogP contribution in [-0.4, -0.2) is 15.2 Å². The quantitative estimate of drug-likeness (QED) is 0.143. The summed E-state index contributed by atoms with van der Waals surface area (Å²) >= 11 is 0. The van der Waals surface area contributed by atoms with Crippen LogP contribution in [0, 0.1) is 0 Å². The minimum atomic E-state index is -2.98. The molecule has 0 bridgehead atoms. The van der Waals surface area contributed by atoms with Crippen LogP contribution in [0.15, 0.2) is 168 Å². The number of fused-ring (bicyclic) bond motifs is 7. The summed E-state index contributed by atoms with van der Waals surface area (Å²) in [5.74, 6) is 0.574. The number of hydrogen-bond donors (Lipinski definition) is 2. The largest absolute Gasteiger partial charge is 0.385 e. The smallest absolute Gasteiger partial charge is 0.239 e. The average molecular weight is 629 g/mol. The van der Waals surface area contributed by atoms with Gasteiger partial charge in [-0.05, 0) is 54.3 Å². The monoisotopic (exact) mass is 628 g/mol. The van der Waals surface area contributed by atoms with E-state index >= 15 is 0 Å². The molecule has 3 N–H and O–H groups in total. The van der Waals surface area contributed by atoms with Crippen molar-refractivity contribution in [1.29, 1.82) is 0 Å². The van der Waals surface area contributed by atoms with Gasteiger partial charge >= 0.3 is 0 Å². The molecule has 0 fully saturated rings. The number of aliphatic imine (C=N–C) groups is 1. The number of nitrogens with two attached hydrogens (primary N) is 1. The lowest BCUT2D eigenvalue weighted by Crippen LogP contribution is -2.24. The van der Waals surface area contributed by atoms with Gasteiger partial charge in [0.2, 0.25) is 7.49 Å². The first-order chi connectivity index (χ1) is 23.1. The van der Waals surface area contributed by atoms with Gasteiger partial charge in [0, 0.05) is 28.2 Å². The number of benzene rings is 5. The normalized spacial score (nSPS) is 17.6. The van der Waals surface area contributed by atoms with Gasteiger partial charge in [-0.1, -0.05) is 121 Å². The van der Waals surface area contributed by atoms with E-state index in [1.165, 1.54) is 0 Å². The number of allylic oxidation sites excluding steroid dienone is 5. The van der Waals surface area contributed by atoms with E-state index in [2.05, 4.69) is 95.6 Å². The summed E-state index contributed by atoms with van der Waals surface area (Å²) in [4.78, 5) is 18.3. The second kappa shape index (κ2) is 12.1. The van der Waals surface area contributed by atoms with E-state index in [1.807, 2.05) is 66.7 Å². The summed E-state index contributed by atoms with van der Waals surface area (Å²) in [5, 5.41) is 4.03. The van der Waals surface area contributed by atoms with Crippen molar-refractivity contribution in [3.63, 3.8) is 0 Å². The van der Waals surface area contributed by atoms with Crippen LogP contribution < -0.4 is 16.3 Å². The maximum Gasteiger partial charge on any atom is 0.239 e. The number of aromatic nitrogens is 1. The second-order valence-electron chi connectivity index (χ2n) is 12.0. The summed E-state index contributed by atoms with van der Waals surface area (Å²) in [6.45, 7) is 0.541. The van der Waals surface area contributed by atoms with Crippen molar-refractivity contribution in [1.82, 2.24) is 4.57 Å². The number of para-hydroxylation sites is 1. The van der Waals surface area contributed by atoms with Crippen molar-refractivity contribution in [2.24, 2.45) is 10.7 Å². The molecule has 6 aromatic rings. The zero-order valence-electron chi connectivity index (χ0n) is 26.0.